The van der Waals surface area contributed by atoms with Gasteiger partial charge >= 0.3 is 0 Å². The quantitative estimate of drug-likeness (QED) is 0.618. The number of carbonyl (C=O) groups excluding carboxylic acids is 2. The molecule has 3 rings (SSSR count). The number of carbonyl (C=O) groups is 2. The number of aromatic nitrogens is 1. The van der Waals surface area contributed by atoms with E-state index in [2.05, 4.69) is 10.3 Å². The summed E-state index contributed by atoms with van der Waals surface area (Å²) in [6.07, 6.45) is 1.05. The van der Waals surface area contributed by atoms with Gasteiger partial charge in [0.05, 0.1) is 0 Å². The molecule has 0 unspecified atom stereocenters. The molecule has 3 aromatic rings. The predicted octanol–water partition coefficient (Wildman–Crippen LogP) is 4.38. The summed E-state index contributed by atoms with van der Waals surface area (Å²) >= 11 is 1.27. The number of amides is 2. The lowest BCUT2D eigenvalue weighted by molar-refractivity contribution is -0.116. The van der Waals surface area contributed by atoms with E-state index in [1.807, 2.05) is 67.6 Å². The molecular formula is C22H23N3O2S. The van der Waals surface area contributed by atoms with Gasteiger partial charge in [-0.25, -0.2) is 4.98 Å². The number of anilines is 1. The first-order chi connectivity index (χ1) is 13.7. The van der Waals surface area contributed by atoms with Gasteiger partial charge in [-0.3, -0.25) is 9.59 Å². The van der Waals surface area contributed by atoms with Crippen molar-refractivity contribution in [3.8, 4) is 0 Å². The molecule has 144 valence electrons. The highest BCUT2D eigenvalue weighted by Crippen LogP contribution is 2.18. The van der Waals surface area contributed by atoms with Gasteiger partial charge in [-0.2, -0.15) is 0 Å². The van der Waals surface area contributed by atoms with Crippen molar-refractivity contribution in [2.24, 2.45) is 0 Å². The minimum Gasteiger partial charge on any atom is -0.333 e. The van der Waals surface area contributed by atoms with E-state index in [4.69, 9.17) is 0 Å². The van der Waals surface area contributed by atoms with Gasteiger partial charge in [-0.05, 0) is 24.5 Å². The highest BCUT2D eigenvalue weighted by Gasteiger charge is 2.18. The van der Waals surface area contributed by atoms with Crippen LogP contribution < -0.4 is 5.32 Å². The SMILES string of the molecule is CCN(Cc1ccccc1)C(=O)c1csc(NC(=O)CCc2ccccc2)n1. The molecule has 1 heterocycles. The van der Waals surface area contributed by atoms with Crippen molar-refractivity contribution in [2.75, 3.05) is 11.9 Å². The Kier molecular flexibility index (Phi) is 6.92. The van der Waals surface area contributed by atoms with Crippen LogP contribution in [0, 0.1) is 0 Å². The number of hydrogen-bond donors (Lipinski definition) is 1. The Labute approximate surface area is 169 Å². The number of benzene rings is 2. The van der Waals surface area contributed by atoms with E-state index in [1.165, 1.54) is 11.3 Å². The van der Waals surface area contributed by atoms with Gasteiger partial charge in [-0.15, -0.1) is 11.3 Å². The summed E-state index contributed by atoms with van der Waals surface area (Å²) in [6.45, 7) is 3.07. The van der Waals surface area contributed by atoms with Crippen molar-refractivity contribution in [3.63, 3.8) is 0 Å². The first kappa shape index (κ1) is 19.8. The molecule has 0 aliphatic heterocycles. The molecule has 0 bridgehead atoms. The van der Waals surface area contributed by atoms with E-state index in [9.17, 15) is 9.59 Å². The fourth-order valence-electron chi connectivity index (χ4n) is 2.81. The lowest BCUT2D eigenvalue weighted by atomic mass is 10.1. The van der Waals surface area contributed by atoms with Gasteiger partial charge in [0, 0.05) is 24.9 Å². The van der Waals surface area contributed by atoms with Crippen LogP contribution in [0.15, 0.2) is 66.0 Å². The summed E-state index contributed by atoms with van der Waals surface area (Å²) in [5, 5.41) is 4.94. The van der Waals surface area contributed by atoms with E-state index in [1.54, 1.807) is 10.3 Å². The molecule has 1 aromatic heterocycles. The molecule has 0 saturated carbocycles. The third-order valence-corrected chi connectivity index (χ3v) is 5.10. The minimum absolute atomic E-state index is 0.103. The first-order valence-electron chi connectivity index (χ1n) is 9.28. The van der Waals surface area contributed by atoms with Crippen LogP contribution in [0.2, 0.25) is 0 Å². The first-order valence-corrected chi connectivity index (χ1v) is 10.2. The van der Waals surface area contributed by atoms with Crippen LogP contribution in [-0.2, 0) is 17.8 Å². The Bertz CT molecular complexity index is 910. The maximum absolute atomic E-state index is 12.7. The maximum atomic E-state index is 12.7. The normalized spacial score (nSPS) is 10.5. The molecule has 0 aliphatic rings. The van der Waals surface area contributed by atoms with Gasteiger partial charge in [0.25, 0.3) is 5.91 Å². The van der Waals surface area contributed by atoms with Crippen molar-refractivity contribution >= 4 is 28.3 Å². The number of nitrogens with one attached hydrogen (secondary N) is 1. The lowest BCUT2D eigenvalue weighted by Crippen LogP contribution is -2.30. The molecule has 2 amide bonds. The number of hydrogen-bond acceptors (Lipinski definition) is 4. The van der Waals surface area contributed by atoms with E-state index in [0.29, 0.717) is 36.8 Å². The number of rotatable bonds is 8. The standard InChI is InChI=1S/C22H23N3O2S/c1-2-25(15-18-11-7-4-8-12-18)21(27)19-16-28-22(23-19)24-20(26)14-13-17-9-5-3-6-10-17/h3-12,16H,2,13-15H2,1H3,(H,23,24,26). The predicted molar refractivity (Wildman–Crippen MR) is 112 cm³/mol. The molecule has 0 saturated heterocycles. The van der Waals surface area contributed by atoms with Gasteiger partial charge in [-0.1, -0.05) is 60.7 Å². The molecule has 0 radical (unpaired) electrons. The third-order valence-electron chi connectivity index (χ3n) is 4.34. The molecule has 1 N–H and O–H groups in total. The highest BCUT2D eigenvalue weighted by molar-refractivity contribution is 7.14. The maximum Gasteiger partial charge on any atom is 0.273 e. The largest absolute Gasteiger partial charge is 0.333 e. The van der Waals surface area contributed by atoms with Crippen LogP contribution in [0.25, 0.3) is 0 Å². The summed E-state index contributed by atoms with van der Waals surface area (Å²) in [5.41, 5.74) is 2.55. The smallest absolute Gasteiger partial charge is 0.273 e. The van der Waals surface area contributed by atoms with E-state index >= 15 is 0 Å². The second-order valence-electron chi connectivity index (χ2n) is 6.38. The molecule has 2 aromatic carbocycles. The zero-order valence-corrected chi connectivity index (χ0v) is 16.6. The molecule has 0 atom stereocenters. The van der Waals surface area contributed by atoms with Crippen LogP contribution in [0.3, 0.4) is 0 Å². The summed E-state index contributed by atoms with van der Waals surface area (Å²) in [7, 11) is 0. The lowest BCUT2D eigenvalue weighted by Gasteiger charge is -2.19. The molecule has 0 fully saturated rings. The van der Waals surface area contributed by atoms with Gasteiger partial charge in [0.1, 0.15) is 5.69 Å². The Hall–Kier alpha value is -2.99. The van der Waals surface area contributed by atoms with E-state index in [-0.39, 0.29) is 11.8 Å². The van der Waals surface area contributed by atoms with Crippen LogP contribution in [0.5, 0.6) is 0 Å². The molecule has 0 spiro atoms. The van der Waals surface area contributed by atoms with Crippen molar-refractivity contribution in [1.29, 1.82) is 0 Å². The Morgan fingerprint density at radius 1 is 1.00 bits per heavy atom. The summed E-state index contributed by atoms with van der Waals surface area (Å²) in [6, 6.07) is 19.7. The Morgan fingerprint density at radius 2 is 1.64 bits per heavy atom. The van der Waals surface area contributed by atoms with Crippen LogP contribution in [-0.4, -0.2) is 28.2 Å². The van der Waals surface area contributed by atoms with Crippen molar-refractivity contribution in [1.82, 2.24) is 9.88 Å². The third kappa shape index (κ3) is 5.50. The monoisotopic (exact) mass is 393 g/mol. The van der Waals surface area contributed by atoms with Crippen molar-refractivity contribution in [2.45, 2.75) is 26.3 Å². The molecule has 6 heteroatoms. The highest BCUT2D eigenvalue weighted by atomic mass is 32.1. The van der Waals surface area contributed by atoms with Gasteiger partial charge in [0.2, 0.25) is 5.91 Å². The molecular weight excluding hydrogens is 370 g/mol. The Balaban J connectivity index is 1.56. The van der Waals surface area contributed by atoms with Crippen LogP contribution in [0.1, 0.15) is 35.0 Å². The zero-order chi connectivity index (χ0) is 19.8. The summed E-state index contributed by atoms with van der Waals surface area (Å²) < 4.78 is 0. The van der Waals surface area contributed by atoms with Gasteiger partial charge < -0.3 is 10.2 Å². The van der Waals surface area contributed by atoms with Crippen molar-refractivity contribution in [3.05, 3.63) is 82.9 Å². The molecule has 0 aliphatic carbocycles. The van der Waals surface area contributed by atoms with Crippen LogP contribution in [0.4, 0.5) is 5.13 Å². The topological polar surface area (TPSA) is 62.3 Å². The fourth-order valence-corrected chi connectivity index (χ4v) is 3.51. The summed E-state index contributed by atoms with van der Waals surface area (Å²) in [4.78, 5) is 31.0. The minimum atomic E-state index is -0.132. The van der Waals surface area contributed by atoms with E-state index < -0.39 is 0 Å². The van der Waals surface area contributed by atoms with Crippen molar-refractivity contribution < 1.29 is 9.59 Å². The fraction of sp³-hybridized carbons (Fsp3) is 0.227. The Morgan fingerprint density at radius 3 is 2.29 bits per heavy atom. The second kappa shape index (κ2) is 9.80. The second-order valence-corrected chi connectivity index (χ2v) is 7.23. The number of aryl methyl sites for hydroxylation is 1. The molecule has 28 heavy (non-hydrogen) atoms. The average Bonchev–Trinajstić information content (AvgIpc) is 3.20. The zero-order valence-electron chi connectivity index (χ0n) is 15.8. The molecule has 5 nitrogen and oxygen atoms in total. The average molecular weight is 394 g/mol. The van der Waals surface area contributed by atoms with Gasteiger partial charge in [0.15, 0.2) is 5.13 Å². The summed E-state index contributed by atoms with van der Waals surface area (Å²) in [5.74, 6) is -0.235. The number of thiazole rings is 1. The van der Waals surface area contributed by atoms with E-state index in [0.717, 1.165) is 11.1 Å². The van der Waals surface area contributed by atoms with Crippen LogP contribution >= 0.6 is 11.3 Å². The number of nitrogens with zero attached hydrogens (tertiary/aromatic N) is 2.